The van der Waals surface area contributed by atoms with E-state index in [1.807, 2.05) is 6.20 Å². The van der Waals surface area contributed by atoms with Gasteiger partial charge in [0.25, 0.3) is 0 Å². The summed E-state index contributed by atoms with van der Waals surface area (Å²) in [6.07, 6.45) is 5.54. The fourth-order valence-electron chi connectivity index (χ4n) is 4.33. The molecule has 2 N–H and O–H groups in total. The molecule has 176 valence electrons. The molecule has 0 aliphatic carbocycles. The Kier molecular flexibility index (Phi) is 11.9. The van der Waals surface area contributed by atoms with Crippen LogP contribution >= 0.6 is 24.0 Å². The van der Waals surface area contributed by atoms with Crippen LogP contribution in [0.25, 0.3) is 0 Å². The molecule has 0 bridgehead atoms. The summed E-state index contributed by atoms with van der Waals surface area (Å²) in [7, 11) is 0. The van der Waals surface area contributed by atoms with E-state index in [4.69, 9.17) is 4.99 Å². The summed E-state index contributed by atoms with van der Waals surface area (Å²) in [5.74, 6) is 2.01. The number of piperazine rings is 1. The van der Waals surface area contributed by atoms with Gasteiger partial charge in [-0.05, 0) is 57.0 Å². The van der Waals surface area contributed by atoms with E-state index in [2.05, 4.69) is 63.2 Å². The van der Waals surface area contributed by atoms with Gasteiger partial charge in [-0.15, -0.1) is 24.0 Å². The van der Waals surface area contributed by atoms with Crippen LogP contribution in [0.2, 0.25) is 0 Å². The largest absolute Gasteiger partial charge is 0.357 e. The van der Waals surface area contributed by atoms with E-state index < -0.39 is 0 Å². The topological polar surface area (TPSA) is 59.0 Å². The molecular formula is C23H42IN7. The van der Waals surface area contributed by atoms with Gasteiger partial charge in [-0.2, -0.15) is 0 Å². The zero-order valence-corrected chi connectivity index (χ0v) is 22.0. The van der Waals surface area contributed by atoms with Gasteiger partial charge in [0.05, 0.1) is 6.54 Å². The highest BCUT2D eigenvalue weighted by Crippen LogP contribution is 2.16. The van der Waals surface area contributed by atoms with Gasteiger partial charge in [-0.1, -0.05) is 13.8 Å². The van der Waals surface area contributed by atoms with Gasteiger partial charge in [0.2, 0.25) is 0 Å². The Balaban J connectivity index is 0.00000341. The third-order valence-corrected chi connectivity index (χ3v) is 6.19. The molecule has 2 aliphatic heterocycles. The Morgan fingerprint density at radius 2 is 1.81 bits per heavy atom. The summed E-state index contributed by atoms with van der Waals surface area (Å²) < 4.78 is 0. The van der Waals surface area contributed by atoms with Crippen molar-refractivity contribution in [3.05, 3.63) is 23.9 Å². The maximum atomic E-state index is 4.87. The lowest BCUT2D eigenvalue weighted by Crippen LogP contribution is -2.48. The molecule has 1 aromatic heterocycles. The van der Waals surface area contributed by atoms with Crippen LogP contribution in [-0.2, 0) is 6.54 Å². The SMILES string of the molecule is CCCN1CCC(NC(=NCc2ccnc(N3CCN(CC)CC3)c2)NCC)CC1.I. The van der Waals surface area contributed by atoms with Crippen LogP contribution in [0.4, 0.5) is 5.82 Å². The average molecular weight is 544 g/mol. The molecule has 0 saturated carbocycles. The smallest absolute Gasteiger partial charge is 0.191 e. The molecule has 8 heteroatoms. The minimum absolute atomic E-state index is 0. The Hall–Kier alpha value is -1.13. The Morgan fingerprint density at radius 3 is 2.45 bits per heavy atom. The lowest BCUT2D eigenvalue weighted by molar-refractivity contribution is 0.206. The van der Waals surface area contributed by atoms with Crippen molar-refractivity contribution in [2.24, 2.45) is 4.99 Å². The molecule has 2 aliphatic rings. The number of nitrogens with one attached hydrogen (secondary N) is 2. The van der Waals surface area contributed by atoms with Crippen molar-refractivity contribution in [2.75, 3.05) is 63.8 Å². The van der Waals surface area contributed by atoms with E-state index in [9.17, 15) is 0 Å². The number of nitrogens with zero attached hydrogens (tertiary/aromatic N) is 5. The number of pyridine rings is 1. The highest BCUT2D eigenvalue weighted by atomic mass is 127. The summed E-state index contributed by atoms with van der Waals surface area (Å²) in [6.45, 7) is 17.2. The lowest BCUT2D eigenvalue weighted by Gasteiger charge is -2.34. The number of aliphatic imine (C=N–C) groups is 1. The fourth-order valence-corrected chi connectivity index (χ4v) is 4.33. The molecule has 0 spiro atoms. The maximum absolute atomic E-state index is 4.87. The highest BCUT2D eigenvalue weighted by molar-refractivity contribution is 14.0. The Bertz CT molecular complexity index is 653. The Labute approximate surface area is 206 Å². The molecule has 3 rings (SSSR count). The minimum atomic E-state index is 0. The van der Waals surface area contributed by atoms with Gasteiger partial charge < -0.3 is 25.3 Å². The number of hydrogen-bond acceptors (Lipinski definition) is 5. The van der Waals surface area contributed by atoms with Crippen LogP contribution in [0.5, 0.6) is 0 Å². The quantitative estimate of drug-likeness (QED) is 0.299. The van der Waals surface area contributed by atoms with E-state index in [1.165, 1.54) is 44.5 Å². The van der Waals surface area contributed by atoms with Crippen LogP contribution in [0.15, 0.2) is 23.3 Å². The average Bonchev–Trinajstić information content (AvgIpc) is 2.79. The monoisotopic (exact) mass is 543 g/mol. The first kappa shape index (κ1) is 26.1. The molecule has 31 heavy (non-hydrogen) atoms. The molecule has 3 heterocycles. The number of anilines is 1. The van der Waals surface area contributed by atoms with E-state index in [0.29, 0.717) is 12.6 Å². The molecule has 1 aromatic rings. The van der Waals surface area contributed by atoms with Crippen molar-refractivity contribution in [1.82, 2.24) is 25.4 Å². The van der Waals surface area contributed by atoms with Crippen molar-refractivity contribution in [3.63, 3.8) is 0 Å². The lowest BCUT2D eigenvalue weighted by atomic mass is 10.1. The summed E-state index contributed by atoms with van der Waals surface area (Å²) in [5, 5.41) is 7.08. The van der Waals surface area contributed by atoms with E-state index in [-0.39, 0.29) is 24.0 Å². The molecule has 0 aromatic carbocycles. The molecule has 2 saturated heterocycles. The van der Waals surface area contributed by atoms with Crippen LogP contribution < -0.4 is 15.5 Å². The molecule has 0 unspecified atom stereocenters. The molecular weight excluding hydrogens is 501 g/mol. The van der Waals surface area contributed by atoms with Crippen molar-refractivity contribution >= 4 is 35.8 Å². The predicted octanol–water partition coefficient (Wildman–Crippen LogP) is 2.77. The summed E-state index contributed by atoms with van der Waals surface area (Å²) in [5.41, 5.74) is 1.22. The first-order chi connectivity index (χ1) is 14.7. The predicted molar refractivity (Wildman–Crippen MR) is 142 cm³/mol. The van der Waals surface area contributed by atoms with Crippen molar-refractivity contribution < 1.29 is 0 Å². The number of likely N-dealkylation sites (tertiary alicyclic amines) is 1. The normalized spacial score (nSPS) is 19.2. The molecule has 0 radical (unpaired) electrons. The van der Waals surface area contributed by atoms with Crippen molar-refractivity contribution in [3.8, 4) is 0 Å². The van der Waals surface area contributed by atoms with Gasteiger partial charge in [-0.25, -0.2) is 9.98 Å². The third-order valence-electron chi connectivity index (χ3n) is 6.19. The Morgan fingerprint density at radius 1 is 1.06 bits per heavy atom. The minimum Gasteiger partial charge on any atom is -0.357 e. The van der Waals surface area contributed by atoms with Gasteiger partial charge >= 0.3 is 0 Å². The molecule has 7 nitrogen and oxygen atoms in total. The van der Waals surface area contributed by atoms with Crippen LogP contribution in [0.1, 0.15) is 45.6 Å². The van der Waals surface area contributed by atoms with E-state index in [0.717, 1.165) is 51.0 Å². The van der Waals surface area contributed by atoms with Gasteiger partial charge in [-0.3, -0.25) is 0 Å². The van der Waals surface area contributed by atoms with Crippen LogP contribution in [0, 0.1) is 0 Å². The van der Waals surface area contributed by atoms with E-state index >= 15 is 0 Å². The number of piperidine rings is 1. The van der Waals surface area contributed by atoms with Gasteiger partial charge in [0, 0.05) is 58.1 Å². The standard InChI is InChI=1S/C23H41N7.HI/c1-4-11-29-12-8-21(9-13-29)27-23(24-5-2)26-19-20-7-10-25-22(18-20)30-16-14-28(6-3)15-17-30;/h7,10,18,21H,4-6,8-9,11-17,19H2,1-3H3,(H2,24,26,27);1H. The van der Waals surface area contributed by atoms with Gasteiger partial charge in [0.15, 0.2) is 5.96 Å². The van der Waals surface area contributed by atoms with Crippen LogP contribution in [-0.4, -0.2) is 85.7 Å². The maximum Gasteiger partial charge on any atom is 0.191 e. The van der Waals surface area contributed by atoms with Gasteiger partial charge in [0.1, 0.15) is 5.82 Å². The second-order valence-electron chi connectivity index (χ2n) is 8.40. The third kappa shape index (κ3) is 8.38. The fraction of sp³-hybridized carbons (Fsp3) is 0.739. The molecule has 0 atom stereocenters. The second kappa shape index (κ2) is 14.1. The first-order valence-corrected chi connectivity index (χ1v) is 11.9. The zero-order chi connectivity index (χ0) is 21.2. The number of guanidine groups is 1. The number of halogens is 1. The van der Waals surface area contributed by atoms with E-state index in [1.54, 1.807) is 0 Å². The van der Waals surface area contributed by atoms with Crippen molar-refractivity contribution in [2.45, 2.75) is 52.6 Å². The number of likely N-dealkylation sites (N-methyl/N-ethyl adjacent to an activating group) is 1. The molecule has 0 amide bonds. The second-order valence-corrected chi connectivity index (χ2v) is 8.40. The summed E-state index contributed by atoms with van der Waals surface area (Å²) in [4.78, 5) is 16.9. The number of aromatic nitrogens is 1. The summed E-state index contributed by atoms with van der Waals surface area (Å²) in [6, 6.07) is 4.80. The molecule has 2 fully saturated rings. The summed E-state index contributed by atoms with van der Waals surface area (Å²) >= 11 is 0. The van der Waals surface area contributed by atoms with Crippen LogP contribution in [0.3, 0.4) is 0 Å². The zero-order valence-electron chi connectivity index (χ0n) is 19.6. The number of hydrogen-bond donors (Lipinski definition) is 2. The van der Waals surface area contributed by atoms with Crippen molar-refractivity contribution in [1.29, 1.82) is 0 Å². The number of rotatable bonds is 8. The highest BCUT2D eigenvalue weighted by Gasteiger charge is 2.19. The first-order valence-electron chi connectivity index (χ1n) is 11.9.